The first-order chi connectivity index (χ1) is 9.13. The van der Waals surface area contributed by atoms with E-state index in [0.29, 0.717) is 5.75 Å². The van der Waals surface area contributed by atoms with Crippen molar-refractivity contribution in [3.05, 3.63) is 57.8 Å². The van der Waals surface area contributed by atoms with Crippen molar-refractivity contribution in [2.24, 2.45) is 0 Å². The van der Waals surface area contributed by atoms with Gasteiger partial charge in [-0.3, -0.25) is 0 Å². The molecule has 0 N–H and O–H groups in total. The molecule has 0 aliphatic carbocycles. The van der Waals surface area contributed by atoms with Gasteiger partial charge in [0, 0.05) is 39.8 Å². The van der Waals surface area contributed by atoms with E-state index in [0.717, 1.165) is 20.5 Å². The Morgan fingerprint density at radius 2 is 2.05 bits per heavy atom. The van der Waals surface area contributed by atoms with E-state index < -0.39 is 0 Å². The zero-order valence-corrected chi connectivity index (χ0v) is 16.1. The number of nitriles is 1. The fraction of sp³-hybridized carbons (Fsp3) is 0.133. The third-order valence-corrected chi connectivity index (χ3v) is 3.72. The van der Waals surface area contributed by atoms with Crippen LogP contribution in [0.15, 0.2) is 46.2 Å². The third-order valence-electron chi connectivity index (χ3n) is 2.78. The van der Waals surface area contributed by atoms with E-state index in [-0.39, 0.29) is 39.3 Å². The van der Waals surface area contributed by atoms with Gasteiger partial charge in [0.15, 0.2) is 6.61 Å². The van der Waals surface area contributed by atoms with Crippen LogP contribution in [0.3, 0.4) is 0 Å². The number of rotatable bonds is 3. The fourth-order valence-electron chi connectivity index (χ4n) is 1.71. The van der Waals surface area contributed by atoms with Crippen LogP contribution in [-0.4, -0.2) is 18.6 Å². The molecule has 0 unspecified atom stereocenters. The molecule has 0 atom stereocenters. The molecule has 3 nitrogen and oxygen atoms in total. The first-order valence-electron chi connectivity index (χ1n) is 5.66. The zero-order chi connectivity index (χ0) is 13.8. The predicted molar refractivity (Wildman–Crippen MR) is 83.2 cm³/mol. The van der Waals surface area contributed by atoms with Crippen molar-refractivity contribution >= 4 is 28.3 Å². The van der Waals surface area contributed by atoms with Gasteiger partial charge < -0.3 is 9.64 Å². The predicted octanol–water partition coefficient (Wildman–Crippen LogP) is 3.51. The number of hydrogen-bond acceptors (Lipinski definition) is 3. The number of hydrogen-bond donors (Lipinski definition) is 0. The summed E-state index contributed by atoms with van der Waals surface area (Å²) in [5, 5.41) is 8.46. The van der Waals surface area contributed by atoms with E-state index in [9.17, 15) is 0 Å². The molecule has 1 aromatic rings. The van der Waals surface area contributed by atoms with Crippen molar-refractivity contribution in [3.63, 3.8) is 0 Å². The molecule has 1 radical (unpaired) electrons. The van der Waals surface area contributed by atoms with Gasteiger partial charge in [-0.05, 0) is 17.8 Å². The Bertz CT molecular complexity index is 599. The largest absolute Gasteiger partial charge is 0.479 e. The van der Waals surface area contributed by atoms with Crippen molar-refractivity contribution in [1.82, 2.24) is 4.90 Å². The molecule has 99 valence electrons. The van der Waals surface area contributed by atoms with Crippen LogP contribution >= 0.6 is 22.6 Å². The second-order valence-electron chi connectivity index (χ2n) is 3.96. The minimum Gasteiger partial charge on any atom is -0.479 e. The van der Waals surface area contributed by atoms with Crippen LogP contribution in [0.2, 0.25) is 0 Å². The average Bonchev–Trinajstić information content (AvgIpc) is 2.44. The van der Waals surface area contributed by atoms with Crippen LogP contribution in [0, 0.1) is 17.4 Å². The number of likely N-dealkylation sites (N-methyl/N-ethyl adjacent to an activating group) is 1. The second-order valence-corrected chi connectivity index (χ2v) is 5.12. The van der Waals surface area contributed by atoms with Crippen LogP contribution in [0.1, 0.15) is 5.56 Å². The van der Waals surface area contributed by atoms with Crippen LogP contribution in [-0.2, 0) is 32.7 Å². The summed E-state index contributed by atoms with van der Waals surface area (Å²) in [5.74, 6) is 0.688. The van der Waals surface area contributed by atoms with E-state index in [4.69, 9.17) is 10.00 Å². The first kappa shape index (κ1) is 17.4. The standard InChI is InChI=1S/C15H12IN2O.Y/c1-11-14(16)7-8-15(18(11)2)12-3-5-13(6-4-12)19-10-9-17;/h3-7H,1,10H2,2H3;/q-1;. The number of nitrogens with zero attached hydrogens (tertiary/aromatic N) is 2. The minimum atomic E-state index is 0. The van der Waals surface area contributed by atoms with Crippen molar-refractivity contribution < 1.29 is 37.4 Å². The Morgan fingerprint density at radius 1 is 1.40 bits per heavy atom. The summed E-state index contributed by atoms with van der Waals surface area (Å²) in [6, 6.07) is 9.54. The Balaban J connectivity index is 0.00000200. The fourth-order valence-corrected chi connectivity index (χ4v) is 2.23. The molecule has 1 aliphatic heterocycles. The second kappa shape index (κ2) is 7.97. The summed E-state index contributed by atoms with van der Waals surface area (Å²) in [5.41, 5.74) is 2.96. The van der Waals surface area contributed by atoms with E-state index >= 15 is 0 Å². The van der Waals surface area contributed by atoms with Gasteiger partial charge in [0.1, 0.15) is 11.8 Å². The summed E-state index contributed by atoms with van der Waals surface area (Å²) >= 11 is 2.24. The quantitative estimate of drug-likeness (QED) is 0.521. The topological polar surface area (TPSA) is 36.3 Å². The Hall–Kier alpha value is -0.636. The van der Waals surface area contributed by atoms with Crippen LogP contribution < -0.4 is 4.74 Å². The molecule has 0 aromatic heterocycles. The molecule has 1 heterocycles. The van der Waals surface area contributed by atoms with E-state index in [1.165, 1.54) is 0 Å². The van der Waals surface area contributed by atoms with E-state index in [2.05, 4.69) is 35.2 Å². The summed E-state index contributed by atoms with van der Waals surface area (Å²) in [4.78, 5) is 2.01. The molecule has 0 spiro atoms. The van der Waals surface area contributed by atoms with Crippen molar-refractivity contribution in [2.75, 3.05) is 13.7 Å². The summed E-state index contributed by atoms with van der Waals surface area (Å²) in [6.45, 7) is 4.10. The van der Waals surface area contributed by atoms with E-state index in [1.807, 2.05) is 48.4 Å². The number of halogens is 1. The molecule has 0 amide bonds. The van der Waals surface area contributed by atoms with Crippen LogP contribution in [0.5, 0.6) is 5.75 Å². The number of allylic oxidation sites excluding steroid dienone is 3. The Labute approximate surface area is 158 Å². The summed E-state index contributed by atoms with van der Waals surface area (Å²) < 4.78 is 6.31. The van der Waals surface area contributed by atoms with Gasteiger partial charge >= 0.3 is 0 Å². The maximum Gasteiger partial charge on any atom is 0.174 e. The molecule has 2 rings (SSSR count). The molecule has 0 fully saturated rings. The van der Waals surface area contributed by atoms with Gasteiger partial charge in [-0.1, -0.05) is 21.4 Å². The van der Waals surface area contributed by atoms with Crippen LogP contribution in [0.25, 0.3) is 5.70 Å². The molecule has 5 heteroatoms. The molecule has 1 aromatic carbocycles. The Morgan fingerprint density at radius 3 is 2.65 bits per heavy atom. The van der Waals surface area contributed by atoms with Crippen LogP contribution in [0.4, 0.5) is 0 Å². The third kappa shape index (κ3) is 3.94. The molecule has 1 aliphatic rings. The molecule has 0 saturated heterocycles. The summed E-state index contributed by atoms with van der Waals surface area (Å²) in [6.07, 6.45) is 5.18. The maximum atomic E-state index is 8.46. The zero-order valence-electron chi connectivity index (χ0n) is 11.1. The number of ether oxygens (including phenoxy) is 1. The monoisotopic (exact) mass is 452 g/mol. The SMILES string of the molecule is C=C1C(I)=C[C-]=C(c2ccc(OCC#N)cc2)N1C.[Y]. The average molecular weight is 452 g/mol. The smallest absolute Gasteiger partial charge is 0.174 e. The van der Waals surface area contributed by atoms with Crippen molar-refractivity contribution in [2.45, 2.75) is 0 Å². The molecule has 0 saturated carbocycles. The molecular formula is C15H12IN2OY-. The molecular weight excluding hydrogens is 440 g/mol. The maximum absolute atomic E-state index is 8.46. The van der Waals surface area contributed by atoms with Gasteiger partial charge in [0.05, 0.1) is 0 Å². The summed E-state index contributed by atoms with van der Waals surface area (Å²) in [7, 11) is 1.97. The molecule has 0 bridgehead atoms. The normalized spacial score (nSPS) is 13.8. The van der Waals surface area contributed by atoms with Gasteiger partial charge in [-0.25, -0.2) is 0 Å². The van der Waals surface area contributed by atoms with Gasteiger partial charge in [-0.2, -0.15) is 17.4 Å². The molecule has 20 heavy (non-hydrogen) atoms. The van der Waals surface area contributed by atoms with Gasteiger partial charge in [-0.15, -0.1) is 34.7 Å². The van der Waals surface area contributed by atoms with Crippen molar-refractivity contribution in [1.29, 1.82) is 5.26 Å². The first-order valence-corrected chi connectivity index (χ1v) is 6.73. The van der Waals surface area contributed by atoms with Gasteiger partial charge in [0.25, 0.3) is 0 Å². The van der Waals surface area contributed by atoms with Crippen molar-refractivity contribution in [3.8, 4) is 11.8 Å². The minimum absolute atomic E-state index is 0. The number of benzene rings is 1. The Kier molecular flexibility index (Phi) is 6.94. The van der Waals surface area contributed by atoms with E-state index in [1.54, 1.807) is 0 Å². The van der Waals surface area contributed by atoms with Gasteiger partial charge in [0.2, 0.25) is 0 Å².